The van der Waals surface area contributed by atoms with Crippen molar-refractivity contribution in [1.29, 1.82) is 0 Å². The quantitative estimate of drug-likeness (QED) is 0.533. The molecule has 2 rings (SSSR count). The first-order valence-corrected chi connectivity index (χ1v) is 7.88. The molecular formula is C12H17N5O4S. The predicted molar refractivity (Wildman–Crippen MR) is 82.7 cm³/mol. The van der Waals surface area contributed by atoms with E-state index in [1.54, 1.807) is 16.3 Å². The van der Waals surface area contributed by atoms with E-state index in [9.17, 15) is 9.59 Å². The predicted octanol–water partition coefficient (Wildman–Crippen LogP) is 0.389. The highest BCUT2D eigenvalue weighted by atomic mass is 32.2. The Morgan fingerprint density at radius 3 is 2.95 bits per heavy atom. The fourth-order valence-corrected chi connectivity index (χ4v) is 1.98. The number of ether oxygens (including phenoxy) is 2. The van der Waals surface area contributed by atoms with Gasteiger partial charge in [-0.1, -0.05) is 0 Å². The summed E-state index contributed by atoms with van der Waals surface area (Å²) in [5.74, 6) is 0.375. The van der Waals surface area contributed by atoms with Crippen LogP contribution in [-0.4, -0.2) is 50.8 Å². The van der Waals surface area contributed by atoms with Gasteiger partial charge in [-0.25, -0.2) is 4.98 Å². The molecule has 0 aliphatic heterocycles. The molecule has 0 aliphatic rings. The molecule has 0 spiro atoms. The first kappa shape index (κ1) is 16.5. The first-order chi connectivity index (χ1) is 10.6. The number of aromatic nitrogens is 4. The number of imidazole rings is 1. The normalized spacial score (nSPS) is 11.0. The van der Waals surface area contributed by atoms with Crippen LogP contribution in [0, 0.1) is 0 Å². The van der Waals surface area contributed by atoms with Gasteiger partial charge in [-0.05, 0) is 6.26 Å². The van der Waals surface area contributed by atoms with E-state index in [-0.39, 0.29) is 24.1 Å². The number of carbonyl (C=O) groups is 1. The number of nitrogens with zero attached hydrogens (tertiary/aromatic N) is 3. The molecule has 0 radical (unpaired) electrons. The van der Waals surface area contributed by atoms with Crippen molar-refractivity contribution in [2.75, 3.05) is 30.7 Å². The van der Waals surface area contributed by atoms with E-state index < -0.39 is 5.56 Å². The summed E-state index contributed by atoms with van der Waals surface area (Å²) in [7, 11) is 0. The Labute approximate surface area is 130 Å². The summed E-state index contributed by atoms with van der Waals surface area (Å²) in [6, 6.07) is 0. The molecule has 0 aromatic carbocycles. The molecule has 22 heavy (non-hydrogen) atoms. The van der Waals surface area contributed by atoms with Crippen LogP contribution in [0.1, 0.15) is 6.92 Å². The van der Waals surface area contributed by atoms with Crippen LogP contribution in [-0.2, 0) is 21.0 Å². The van der Waals surface area contributed by atoms with Crippen molar-refractivity contribution in [3.63, 3.8) is 0 Å². The van der Waals surface area contributed by atoms with Gasteiger partial charge in [-0.15, -0.1) is 11.8 Å². The number of fused-ring (bicyclic) bond motifs is 1. The smallest absolute Gasteiger partial charge is 0.280 e. The lowest BCUT2D eigenvalue weighted by Gasteiger charge is -2.07. The molecule has 2 N–H and O–H groups in total. The Bertz CT molecular complexity index is 698. The van der Waals surface area contributed by atoms with Crippen molar-refractivity contribution in [2.24, 2.45) is 0 Å². The molecule has 0 bridgehead atoms. The first-order valence-electron chi connectivity index (χ1n) is 6.49. The number of hydrogen-bond acceptors (Lipinski definition) is 7. The van der Waals surface area contributed by atoms with E-state index in [0.717, 1.165) is 0 Å². The lowest BCUT2D eigenvalue weighted by molar-refractivity contribution is -0.114. The van der Waals surface area contributed by atoms with Crippen molar-refractivity contribution >= 4 is 34.8 Å². The van der Waals surface area contributed by atoms with Gasteiger partial charge in [0.05, 0.1) is 25.5 Å². The third kappa shape index (κ3) is 4.29. The number of H-pyrrole nitrogens is 1. The van der Waals surface area contributed by atoms with Crippen molar-refractivity contribution in [2.45, 2.75) is 13.7 Å². The Hall–Kier alpha value is -1.91. The monoisotopic (exact) mass is 327 g/mol. The number of rotatable bonds is 8. The lowest BCUT2D eigenvalue weighted by Crippen LogP contribution is -2.17. The molecule has 9 nitrogen and oxygen atoms in total. The van der Waals surface area contributed by atoms with Gasteiger partial charge in [0.1, 0.15) is 6.73 Å². The van der Waals surface area contributed by atoms with Crippen LogP contribution in [0.25, 0.3) is 11.2 Å². The number of thioether (sulfide) groups is 1. The Morgan fingerprint density at radius 2 is 2.23 bits per heavy atom. The second kappa shape index (κ2) is 7.92. The summed E-state index contributed by atoms with van der Waals surface area (Å²) in [5.41, 5.74) is 0.115. The van der Waals surface area contributed by atoms with Gasteiger partial charge in [0.15, 0.2) is 11.2 Å². The molecule has 0 fully saturated rings. The maximum atomic E-state index is 11.9. The number of aromatic amines is 1. The molecule has 120 valence electrons. The fourth-order valence-electron chi connectivity index (χ4n) is 1.70. The fraction of sp³-hybridized carbons (Fsp3) is 0.500. The summed E-state index contributed by atoms with van der Waals surface area (Å²) >= 11 is 1.59. The second-order valence-electron chi connectivity index (χ2n) is 4.33. The Morgan fingerprint density at radius 1 is 1.45 bits per heavy atom. The average Bonchev–Trinajstić information content (AvgIpc) is 2.86. The van der Waals surface area contributed by atoms with E-state index in [4.69, 9.17) is 9.47 Å². The summed E-state index contributed by atoms with van der Waals surface area (Å²) < 4.78 is 12.3. The van der Waals surface area contributed by atoms with Crippen LogP contribution in [0.15, 0.2) is 11.1 Å². The number of anilines is 1. The highest BCUT2D eigenvalue weighted by molar-refractivity contribution is 7.98. The lowest BCUT2D eigenvalue weighted by atomic mass is 10.5. The van der Waals surface area contributed by atoms with E-state index in [2.05, 4.69) is 20.3 Å². The van der Waals surface area contributed by atoms with Crippen molar-refractivity contribution < 1.29 is 14.3 Å². The molecule has 0 unspecified atom stereocenters. The van der Waals surface area contributed by atoms with Crippen LogP contribution in [0.5, 0.6) is 0 Å². The maximum Gasteiger partial charge on any atom is 0.280 e. The minimum absolute atomic E-state index is 0.0788. The van der Waals surface area contributed by atoms with Crippen molar-refractivity contribution in [3.8, 4) is 0 Å². The van der Waals surface area contributed by atoms with Gasteiger partial charge in [0.25, 0.3) is 5.56 Å². The topological polar surface area (TPSA) is 111 Å². The summed E-state index contributed by atoms with van der Waals surface area (Å²) in [6.45, 7) is 2.43. The molecule has 10 heteroatoms. The highest BCUT2D eigenvalue weighted by Gasteiger charge is 2.10. The molecule has 2 heterocycles. The molecule has 0 aliphatic carbocycles. The molecule has 1 amide bonds. The maximum absolute atomic E-state index is 11.9. The summed E-state index contributed by atoms with van der Waals surface area (Å²) in [6.07, 6.45) is 3.42. The van der Waals surface area contributed by atoms with Crippen LogP contribution < -0.4 is 10.9 Å². The highest BCUT2D eigenvalue weighted by Crippen LogP contribution is 2.08. The van der Waals surface area contributed by atoms with E-state index in [1.165, 1.54) is 13.3 Å². The number of amides is 1. The van der Waals surface area contributed by atoms with E-state index in [1.807, 2.05) is 6.26 Å². The third-order valence-corrected chi connectivity index (χ3v) is 2.98. The molecule has 2 aromatic rings. The molecule has 2 aromatic heterocycles. The average molecular weight is 327 g/mol. The number of carbonyl (C=O) groups excluding carboxylic acids is 1. The largest absolute Gasteiger partial charge is 0.368 e. The van der Waals surface area contributed by atoms with E-state index >= 15 is 0 Å². The Kier molecular flexibility index (Phi) is 5.92. The van der Waals surface area contributed by atoms with Gasteiger partial charge < -0.3 is 9.47 Å². The van der Waals surface area contributed by atoms with Crippen LogP contribution in [0.3, 0.4) is 0 Å². The zero-order valence-corrected chi connectivity index (χ0v) is 13.1. The zero-order chi connectivity index (χ0) is 15.9. The third-order valence-electron chi connectivity index (χ3n) is 2.57. The van der Waals surface area contributed by atoms with Gasteiger partial charge in [0.2, 0.25) is 11.9 Å². The van der Waals surface area contributed by atoms with Gasteiger partial charge in [-0.3, -0.25) is 24.5 Å². The zero-order valence-electron chi connectivity index (χ0n) is 12.3. The molecular weight excluding hydrogens is 310 g/mol. The summed E-state index contributed by atoms with van der Waals surface area (Å²) in [5, 5.41) is 2.44. The van der Waals surface area contributed by atoms with Crippen molar-refractivity contribution in [3.05, 3.63) is 16.7 Å². The van der Waals surface area contributed by atoms with E-state index in [0.29, 0.717) is 24.8 Å². The molecule has 0 atom stereocenters. The van der Waals surface area contributed by atoms with Gasteiger partial charge >= 0.3 is 0 Å². The van der Waals surface area contributed by atoms with Crippen LogP contribution in [0.2, 0.25) is 0 Å². The van der Waals surface area contributed by atoms with Gasteiger partial charge in [-0.2, -0.15) is 4.98 Å². The molecule has 0 saturated carbocycles. The minimum atomic E-state index is -0.421. The van der Waals surface area contributed by atoms with Crippen molar-refractivity contribution in [1.82, 2.24) is 19.5 Å². The standard InChI is InChI=1S/C12H17N5O4S/c1-8(18)14-12-15-10-9(11(19)16-12)13-5-17(10)6-20-3-4-21-7-22-2/h5H,3-4,6-7H2,1-2H3,(H2,14,15,16,18,19). The van der Waals surface area contributed by atoms with Gasteiger partial charge in [0, 0.05) is 6.92 Å². The number of hydrogen-bond donors (Lipinski definition) is 2. The second-order valence-corrected chi connectivity index (χ2v) is 5.15. The molecule has 0 saturated heterocycles. The summed E-state index contributed by atoms with van der Waals surface area (Å²) in [4.78, 5) is 33.5. The SMILES string of the molecule is CSCOCCOCn1cnc2c(=O)[nH]c(NC(C)=O)nc21. The Balaban J connectivity index is 2.05. The van der Waals surface area contributed by atoms with Crippen LogP contribution >= 0.6 is 11.8 Å². The number of nitrogens with one attached hydrogen (secondary N) is 2. The minimum Gasteiger partial charge on any atom is -0.368 e. The van der Waals surface area contributed by atoms with Crippen LogP contribution in [0.4, 0.5) is 5.95 Å².